The van der Waals surface area contributed by atoms with Crippen molar-refractivity contribution in [1.82, 2.24) is 20.1 Å². The summed E-state index contributed by atoms with van der Waals surface area (Å²) in [6.45, 7) is 4.01. The van der Waals surface area contributed by atoms with Gasteiger partial charge in [0.15, 0.2) is 0 Å². The second-order valence-corrected chi connectivity index (χ2v) is 8.21. The second kappa shape index (κ2) is 7.23. The summed E-state index contributed by atoms with van der Waals surface area (Å²) in [5, 5.41) is 9.94. The first-order valence-corrected chi connectivity index (χ1v) is 10.1. The molecule has 3 aromatic rings. The summed E-state index contributed by atoms with van der Waals surface area (Å²) < 4.78 is 1.64. The number of nitrogens with zero attached hydrogens (tertiary/aromatic N) is 3. The largest absolute Gasteiger partial charge is 0.346 e. The van der Waals surface area contributed by atoms with Crippen LogP contribution in [0.1, 0.15) is 57.8 Å². The van der Waals surface area contributed by atoms with Gasteiger partial charge in [-0.15, -0.1) is 11.3 Å². The fourth-order valence-electron chi connectivity index (χ4n) is 3.79. The number of amides is 1. The Balaban J connectivity index is 1.68. The monoisotopic (exact) mass is 382 g/mol. The average Bonchev–Trinajstić information content (AvgIpc) is 3.30. The molecule has 4 rings (SSSR count). The van der Waals surface area contributed by atoms with Gasteiger partial charge < -0.3 is 5.32 Å². The number of carbonyl (C=O) groups is 1. The van der Waals surface area contributed by atoms with Crippen molar-refractivity contribution in [1.29, 1.82) is 0 Å². The molecule has 2 heterocycles. The lowest BCUT2D eigenvalue weighted by Gasteiger charge is -2.16. The van der Waals surface area contributed by atoms with E-state index in [1.165, 1.54) is 11.3 Å². The van der Waals surface area contributed by atoms with Gasteiger partial charge in [-0.2, -0.15) is 5.10 Å². The van der Waals surface area contributed by atoms with E-state index >= 15 is 0 Å². The molecule has 1 fully saturated rings. The number of aryl methyl sites for hydroxylation is 2. The Kier molecular flexibility index (Phi) is 4.78. The van der Waals surface area contributed by atoms with E-state index in [-0.39, 0.29) is 24.1 Å². The predicted molar refractivity (Wildman–Crippen MR) is 106 cm³/mol. The maximum atomic E-state index is 12.9. The lowest BCUT2D eigenvalue weighted by atomic mass is 10.1. The maximum Gasteiger partial charge on any atom is 0.274 e. The molecule has 0 atom stereocenters. The van der Waals surface area contributed by atoms with E-state index in [2.05, 4.69) is 15.4 Å². The van der Waals surface area contributed by atoms with Crippen LogP contribution in [0.4, 0.5) is 0 Å². The third-order valence-corrected chi connectivity index (χ3v) is 6.17. The van der Waals surface area contributed by atoms with Crippen LogP contribution >= 0.6 is 11.3 Å². The van der Waals surface area contributed by atoms with Gasteiger partial charge in [-0.25, -0.2) is 9.67 Å². The number of nitrogens with one attached hydrogen (secondary N) is 1. The third-order valence-electron chi connectivity index (χ3n) is 5.10. The van der Waals surface area contributed by atoms with Crippen LogP contribution in [-0.4, -0.2) is 20.7 Å². The SMILES string of the molecule is Cc1nc(C)c(C(=O)NCc2nn(C3CCCC3)c(=O)c3ccccc23)s1. The van der Waals surface area contributed by atoms with Crippen molar-refractivity contribution in [2.45, 2.75) is 52.1 Å². The van der Waals surface area contributed by atoms with Gasteiger partial charge in [-0.05, 0) is 32.8 Å². The molecular formula is C20H22N4O2S. The number of hydrogen-bond acceptors (Lipinski definition) is 5. The summed E-state index contributed by atoms with van der Waals surface area (Å²) in [5.41, 5.74) is 1.43. The Morgan fingerprint density at radius 2 is 1.93 bits per heavy atom. The van der Waals surface area contributed by atoms with Crippen LogP contribution < -0.4 is 10.9 Å². The minimum atomic E-state index is -0.150. The molecule has 1 saturated carbocycles. The van der Waals surface area contributed by atoms with Crippen molar-refractivity contribution in [2.75, 3.05) is 0 Å². The maximum absolute atomic E-state index is 12.9. The smallest absolute Gasteiger partial charge is 0.274 e. The molecule has 27 heavy (non-hydrogen) atoms. The highest BCUT2D eigenvalue weighted by atomic mass is 32.1. The van der Waals surface area contributed by atoms with Crippen molar-refractivity contribution in [3.05, 3.63) is 55.9 Å². The van der Waals surface area contributed by atoms with E-state index in [1.54, 1.807) is 4.68 Å². The zero-order valence-electron chi connectivity index (χ0n) is 15.5. The summed E-state index contributed by atoms with van der Waals surface area (Å²) in [5.74, 6) is -0.150. The fraction of sp³-hybridized carbons (Fsp3) is 0.400. The molecule has 1 aliphatic carbocycles. The number of rotatable bonds is 4. The molecule has 0 unspecified atom stereocenters. The number of thiazole rings is 1. The Labute approximate surface area is 161 Å². The second-order valence-electron chi connectivity index (χ2n) is 7.01. The zero-order valence-corrected chi connectivity index (χ0v) is 16.3. The minimum Gasteiger partial charge on any atom is -0.346 e. The first-order valence-electron chi connectivity index (χ1n) is 9.27. The van der Waals surface area contributed by atoms with Gasteiger partial charge in [0.05, 0.1) is 34.4 Å². The van der Waals surface area contributed by atoms with Gasteiger partial charge in [0.25, 0.3) is 11.5 Å². The van der Waals surface area contributed by atoms with Crippen molar-refractivity contribution in [3.8, 4) is 0 Å². The van der Waals surface area contributed by atoms with Gasteiger partial charge in [0, 0.05) is 5.39 Å². The van der Waals surface area contributed by atoms with E-state index in [9.17, 15) is 9.59 Å². The quantitative estimate of drug-likeness (QED) is 0.749. The lowest BCUT2D eigenvalue weighted by Crippen LogP contribution is -2.30. The van der Waals surface area contributed by atoms with Gasteiger partial charge in [-0.1, -0.05) is 31.0 Å². The molecule has 1 aromatic carbocycles. The fourth-order valence-corrected chi connectivity index (χ4v) is 4.62. The molecule has 1 N–H and O–H groups in total. The Hall–Kier alpha value is -2.54. The Morgan fingerprint density at radius 1 is 1.22 bits per heavy atom. The number of carbonyl (C=O) groups excluding carboxylic acids is 1. The Bertz CT molecular complexity index is 1060. The van der Waals surface area contributed by atoms with E-state index in [4.69, 9.17) is 0 Å². The van der Waals surface area contributed by atoms with Crippen LogP contribution in [0.2, 0.25) is 0 Å². The Morgan fingerprint density at radius 3 is 2.59 bits per heavy atom. The van der Waals surface area contributed by atoms with E-state index < -0.39 is 0 Å². The van der Waals surface area contributed by atoms with Crippen LogP contribution in [0.25, 0.3) is 10.8 Å². The molecule has 140 valence electrons. The van der Waals surface area contributed by atoms with Crippen LogP contribution in [-0.2, 0) is 6.54 Å². The van der Waals surface area contributed by atoms with Gasteiger partial charge in [0.2, 0.25) is 0 Å². The molecule has 0 saturated heterocycles. The summed E-state index contributed by atoms with van der Waals surface area (Å²) in [7, 11) is 0. The highest BCUT2D eigenvalue weighted by molar-refractivity contribution is 7.13. The molecule has 6 nitrogen and oxygen atoms in total. The standard InChI is InChI=1S/C20H22N4O2S/c1-12-18(27-13(2)22-12)19(25)21-11-17-15-9-5-6-10-16(15)20(26)24(23-17)14-7-3-4-8-14/h5-6,9-10,14H,3-4,7-8,11H2,1-2H3,(H,21,25). The first-order chi connectivity index (χ1) is 13.0. The van der Waals surface area contributed by atoms with Crippen molar-refractivity contribution < 1.29 is 4.79 Å². The predicted octanol–water partition coefficient (Wildman–Crippen LogP) is 3.51. The van der Waals surface area contributed by atoms with E-state index in [0.717, 1.165) is 47.5 Å². The summed E-state index contributed by atoms with van der Waals surface area (Å²) in [6, 6.07) is 7.65. The summed E-state index contributed by atoms with van der Waals surface area (Å²) in [6.07, 6.45) is 4.22. The average molecular weight is 382 g/mol. The molecule has 0 radical (unpaired) electrons. The topological polar surface area (TPSA) is 76.9 Å². The molecule has 2 aromatic heterocycles. The van der Waals surface area contributed by atoms with Crippen LogP contribution in [0.15, 0.2) is 29.1 Å². The molecule has 1 aliphatic rings. The van der Waals surface area contributed by atoms with Crippen molar-refractivity contribution >= 4 is 28.0 Å². The number of fused-ring (bicyclic) bond motifs is 1. The first kappa shape index (κ1) is 17.9. The number of hydrogen-bond donors (Lipinski definition) is 1. The van der Waals surface area contributed by atoms with Crippen LogP contribution in [0.3, 0.4) is 0 Å². The molecule has 0 bridgehead atoms. The van der Waals surface area contributed by atoms with Crippen LogP contribution in [0, 0.1) is 13.8 Å². The van der Waals surface area contributed by atoms with Crippen molar-refractivity contribution in [2.24, 2.45) is 0 Å². The van der Waals surface area contributed by atoms with E-state index in [0.29, 0.717) is 10.3 Å². The highest BCUT2D eigenvalue weighted by Crippen LogP contribution is 2.28. The van der Waals surface area contributed by atoms with Gasteiger partial charge >= 0.3 is 0 Å². The normalized spacial score (nSPS) is 14.7. The van der Waals surface area contributed by atoms with Gasteiger partial charge in [0.1, 0.15) is 4.88 Å². The van der Waals surface area contributed by atoms with Gasteiger partial charge in [-0.3, -0.25) is 9.59 Å². The van der Waals surface area contributed by atoms with E-state index in [1.807, 2.05) is 38.1 Å². The summed E-state index contributed by atoms with van der Waals surface area (Å²) in [4.78, 5) is 30.4. The number of benzene rings is 1. The molecule has 0 spiro atoms. The van der Waals surface area contributed by atoms with Crippen LogP contribution in [0.5, 0.6) is 0 Å². The highest BCUT2D eigenvalue weighted by Gasteiger charge is 2.22. The molecule has 0 aliphatic heterocycles. The minimum absolute atomic E-state index is 0.0403. The number of aromatic nitrogens is 3. The summed E-state index contributed by atoms with van der Waals surface area (Å²) >= 11 is 1.39. The van der Waals surface area contributed by atoms with Crippen molar-refractivity contribution in [3.63, 3.8) is 0 Å². The molecule has 7 heteroatoms. The lowest BCUT2D eigenvalue weighted by molar-refractivity contribution is 0.0953. The molecule has 1 amide bonds. The third kappa shape index (κ3) is 3.39. The zero-order chi connectivity index (χ0) is 19.0. The molecular weight excluding hydrogens is 360 g/mol.